The normalized spacial score (nSPS) is 13.9. The molecule has 0 radical (unpaired) electrons. The van der Waals surface area contributed by atoms with Crippen molar-refractivity contribution in [1.82, 2.24) is 4.90 Å². The van der Waals surface area contributed by atoms with Crippen LogP contribution in [0.3, 0.4) is 0 Å². The summed E-state index contributed by atoms with van der Waals surface area (Å²) in [6, 6.07) is 1.51. The van der Waals surface area contributed by atoms with E-state index in [-0.39, 0.29) is 0 Å². The van der Waals surface area contributed by atoms with Crippen LogP contribution in [0.2, 0.25) is 0 Å². The van der Waals surface area contributed by atoms with E-state index in [1.807, 2.05) is 0 Å². The third-order valence-electron chi connectivity index (χ3n) is 3.03. The number of hydrogen-bond acceptors (Lipinski definition) is 1. The second kappa shape index (κ2) is 8.72. The summed E-state index contributed by atoms with van der Waals surface area (Å²) in [4.78, 5) is 2.66. The molecule has 0 saturated carbocycles. The van der Waals surface area contributed by atoms with Crippen LogP contribution in [0, 0.1) is 0 Å². The summed E-state index contributed by atoms with van der Waals surface area (Å²) >= 11 is 3.55. The van der Waals surface area contributed by atoms with Crippen molar-refractivity contribution >= 4 is 15.9 Å². The zero-order chi connectivity index (χ0) is 11.0. The quantitative estimate of drug-likeness (QED) is 0.597. The van der Waals surface area contributed by atoms with E-state index in [0.717, 1.165) is 17.4 Å². The topological polar surface area (TPSA) is 3.24 Å². The van der Waals surface area contributed by atoms with Crippen molar-refractivity contribution in [2.24, 2.45) is 0 Å². The van der Waals surface area contributed by atoms with Gasteiger partial charge in [-0.1, -0.05) is 43.1 Å². The lowest BCUT2D eigenvalue weighted by molar-refractivity contribution is 0.138. The van der Waals surface area contributed by atoms with Gasteiger partial charge in [0, 0.05) is 24.0 Å². The Labute approximate surface area is 98.4 Å². The van der Waals surface area contributed by atoms with Crippen LogP contribution < -0.4 is 0 Å². The summed E-state index contributed by atoms with van der Waals surface area (Å²) in [6.45, 7) is 10.4. The first-order valence-electron chi connectivity index (χ1n) is 6.02. The Kier molecular flexibility index (Phi) is 9.00. The third-order valence-corrected chi connectivity index (χ3v) is 3.38. The first-order valence-corrected chi connectivity index (χ1v) is 7.14. The van der Waals surface area contributed by atoms with Crippen molar-refractivity contribution in [2.45, 2.75) is 65.5 Å². The maximum Gasteiger partial charge on any atom is 0.0159 e. The van der Waals surface area contributed by atoms with Crippen LogP contribution in [0.25, 0.3) is 0 Å². The van der Waals surface area contributed by atoms with Crippen LogP contribution in [0.15, 0.2) is 0 Å². The van der Waals surface area contributed by atoms with Gasteiger partial charge in [0.05, 0.1) is 0 Å². The average molecular weight is 264 g/mol. The lowest BCUT2D eigenvalue weighted by Gasteiger charge is -2.35. The molecule has 0 rings (SSSR count). The molecule has 2 heteroatoms. The number of alkyl halides is 1. The fourth-order valence-electron chi connectivity index (χ4n) is 2.20. The zero-order valence-electron chi connectivity index (χ0n) is 10.2. The number of nitrogens with zero attached hydrogens (tertiary/aromatic N) is 1. The summed E-state index contributed by atoms with van der Waals surface area (Å²) in [5.74, 6) is 0. The van der Waals surface area contributed by atoms with Crippen LogP contribution in [-0.4, -0.2) is 28.9 Å². The maximum atomic E-state index is 3.55. The van der Waals surface area contributed by atoms with Gasteiger partial charge in [-0.25, -0.2) is 0 Å². The molecular weight excluding hydrogens is 238 g/mol. The molecule has 14 heavy (non-hydrogen) atoms. The average Bonchev–Trinajstić information content (AvgIpc) is 2.18. The van der Waals surface area contributed by atoms with Crippen LogP contribution in [-0.2, 0) is 0 Å². The molecule has 0 aliphatic rings. The predicted octanol–water partition coefficient (Wildman–Crippen LogP) is 4.06. The molecular formula is C12H26BrN. The Bertz CT molecular complexity index is 123. The summed E-state index contributed by atoms with van der Waals surface area (Å²) < 4.78 is 0. The molecule has 0 aliphatic carbocycles. The summed E-state index contributed by atoms with van der Waals surface area (Å²) in [5.41, 5.74) is 0. The van der Waals surface area contributed by atoms with Gasteiger partial charge in [-0.2, -0.15) is 0 Å². The first kappa shape index (κ1) is 14.4. The molecule has 0 saturated heterocycles. The highest BCUT2D eigenvalue weighted by atomic mass is 79.9. The SMILES string of the molecule is CCCC(C)N(CCBr)C(CC)CC. The van der Waals surface area contributed by atoms with Gasteiger partial charge in [0.2, 0.25) is 0 Å². The molecule has 86 valence electrons. The lowest BCUT2D eigenvalue weighted by Crippen LogP contribution is -2.42. The molecule has 0 fully saturated rings. The Hall–Kier alpha value is 0.440. The standard InChI is InChI=1S/C12H26BrN/c1-5-8-11(4)14(10-9-13)12(6-2)7-3/h11-12H,5-10H2,1-4H3. The van der Waals surface area contributed by atoms with Crippen molar-refractivity contribution in [3.05, 3.63) is 0 Å². The van der Waals surface area contributed by atoms with E-state index in [9.17, 15) is 0 Å². The molecule has 0 amide bonds. The first-order chi connectivity index (χ1) is 6.71. The second-order valence-corrected chi connectivity index (χ2v) is 4.83. The van der Waals surface area contributed by atoms with Crippen LogP contribution in [0.5, 0.6) is 0 Å². The number of hydrogen-bond donors (Lipinski definition) is 0. The number of halogens is 1. The van der Waals surface area contributed by atoms with E-state index in [4.69, 9.17) is 0 Å². The molecule has 0 bridgehead atoms. The lowest BCUT2D eigenvalue weighted by atomic mass is 10.1. The molecule has 0 spiro atoms. The van der Waals surface area contributed by atoms with Crippen LogP contribution in [0.4, 0.5) is 0 Å². The maximum absolute atomic E-state index is 3.55. The summed E-state index contributed by atoms with van der Waals surface area (Å²) in [7, 11) is 0. The minimum Gasteiger partial charge on any atom is -0.297 e. The highest BCUT2D eigenvalue weighted by Crippen LogP contribution is 2.16. The largest absolute Gasteiger partial charge is 0.297 e. The van der Waals surface area contributed by atoms with Crippen molar-refractivity contribution < 1.29 is 0 Å². The monoisotopic (exact) mass is 263 g/mol. The van der Waals surface area contributed by atoms with E-state index in [1.165, 1.54) is 32.2 Å². The van der Waals surface area contributed by atoms with Gasteiger partial charge in [0.1, 0.15) is 0 Å². The molecule has 0 heterocycles. The van der Waals surface area contributed by atoms with Gasteiger partial charge in [-0.05, 0) is 26.2 Å². The minimum atomic E-state index is 0.738. The van der Waals surface area contributed by atoms with E-state index in [0.29, 0.717) is 0 Å². The molecule has 1 unspecified atom stereocenters. The Morgan fingerprint density at radius 3 is 2.07 bits per heavy atom. The molecule has 1 atom stereocenters. The van der Waals surface area contributed by atoms with Crippen molar-refractivity contribution in [2.75, 3.05) is 11.9 Å². The van der Waals surface area contributed by atoms with Crippen molar-refractivity contribution in [3.63, 3.8) is 0 Å². The van der Waals surface area contributed by atoms with Crippen molar-refractivity contribution in [3.8, 4) is 0 Å². The highest BCUT2D eigenvalue weighted by molar-refractivity contribution is 9.09. The second-order valence-electron chi connectivity index (χ2n) is 4.03. The van der Waals surface area contributed by atoms with Crippen molar-refractivity contribution in [1.29, 1.82) is 0 Å². The molecule has 0 aromatic carbocycles. The summed E-state index contributed by atoms with van der Waals surface area (Å²) in [5, 5.41) is 1.09. The van der Waals surface area contributed by atoms with Gasteiger partial charge in [0.25, 0.3) is 0 Å². The Morgan fingerprint density at radius 1 is 1.14 bits per heavy atom. The molecule has 0 aromatic rings. The van der Waals surface area contributed by atoms with Gasteiger partial charge in [-0.15, -0.1) is 0 Å². The van der Waals surface area contributed by atoms with Gasteiger partial charge < -0.3 is 0 Å². The van der Waals surface area contributed by atoms with E-state index < -0.39 is 0 Å². The Balaban J connectivity index is 4.23. The fourth-order valence-corrected chi connectivity index (χ4v) is 2.61. The van der Waals surface area contributed by atoms with Gasteiger partial charge >= 0.3 is 0 Å². The van der Waals surface area contributed by atoms with Gasteiger partial charge in [-0.3, -0.25) is 4.90 Å². The predicted molar refractivity (Wildman–Crippen MR) is 69.2 cm³/mol. The van der Waals surface area contributed by atoms with E-state index >= 15 is 0 Å². The molecule has 1 nitrogen and oxygen atoms in total. The zero-order valence-corrected chi connectivity index (χ0v) is 11.8. The smallest absolute Gasteiger partial charge is 0.0159 e. The molecule has 0 aliphatic heterocycles. The summed E-state index contributed by atoms with van der Waals surface area (Å²) in [6.07, 6.45) is 5.17. The molecule has 0 N–H and O–H groups in total. The number of rotatable bonds is 8. The van der Waals surface area contributed by atoms with E-state index in [1.54, 1.807) is 0 Å². The van der Waals surface area contributed by atoms with E-state index in [2.05, 4.69) is 48.5 Å². The van der Waals surface area contributed by atoms with Gasteiger partial charge in [0.15, 0.2) is 0 Å². The van der Waals surface area contributed by atoms with Crippen LogP contribution >= 0.6 is 15.9 Å². The minimum absolute atomic E-state index is 0.738. The highest BCUT2D eigenvalue weighted by Gasteiger charge is 2.19. The Morgan fingerprint density at radius 2 is 1.71 bits per heavy atom. The molecule has 0 aromatic heterocycles. The van der Waals surface area contributed by atoms with Crippen LogP contribution in [0.1, 0.15) is 53.4 Å². The fraction of sp³-hybridized carbons (Fsp3) is 1.00. The third kappa shape index (κ3) is 4.79.